The van der Waals surface area contributed by atoms with Crippen LogP contribution < -0.4 is 4.90 Å². The van der Waals surface area contributed by atoms with Crippen LogP contribution in [0.4, 0.5) is 10.1 Å². The highest BCUT2D eigenvalue weighted by Gasteiger charge is 2.54. The van der Waals surface area contributed by atoms with Crippen molar-refractivity contribution in [3.05, 3.63) is 89.3 Å². The van der Waals surface area contributed by atoms with E-state index in [0.717, 1.165) is 43.9 Å². The molecule has 7 rings (SSSR count). The van der Waals surface area contributed by atoms with Crippen molar-refractivity contribution in [3.8, 4) is 0 Å². The highest BCUT2D eigenvalue weighted by Crippen LogP contribution is 2.45. The Labute approximate surface area is 239 Å². The first-order valence-corrected chi connectivity index (χ1v) is 14.5. The molecule has 9 heteroatoms. The van der Waals surface area contributed by atoms with E-state index < -0.39 is 5.54 Å². The van der Waals surface area contributed by atoms with Gasteiger partial charge in [0.15, 0.2) is 5.82 Å². The Hall–Kier alpha value is -3.82. The summed E-state index contributed by atoms with van der Waals surface area (Å²) in [7, 11) is 3.98. The number of aromatic nitrogens is 3. The zero-order chi connectivity index (χ0) is 28.1. The number of nitrogens with one attached hydrogen (secondary N) is 1. The second kappa shape index (κ2) is 10.2. The van der Waals surface area contributed by atoms with E-state index in [1.165, 1.54) is 34.0 Å². The second-order valence-electron chi connectivity index (χ2n) is 12.0. The average Bonchev–Trinajstić information content (AvgIpc) is 3.65. The largest absolute Gasteiger partial charge is 0.339 e. The van der Waals surface area contributed by atoms with Crippen molar-refractivity contribution in [1.82, 2.24) is 29.9 Å². The van der Waals surface area contributed by atoms with E-state index in [2.05, 4.69) is 61.4 Å². The molecule has 2 aliphatic heterocycles. The normalized spacial score (nSPS) is 20.3. The molecule has 1 atom stereocenters. The molecule has 0 bridgehead atoms. The van der Waals surface area contributed by atoms with E-state index in [1.54, 1.807) is 12.1 Å². The Bertz CT molecular complexity index is 1570. The zero-order valence-corrected chi connectivity index (χ0v) is 23.7. The monoisotopic (exact) mass is 553 g/mol. The number of carbonyl (C=O) groups is 1. The topological polar surface area (TPSA) is 71.6 Å². The first-order valence-electron chi connectivity index (χ1n) is 14.5. The fourth-order valence-electron chi connectivity index (χ4n) is 7.18. The zero-order valence-electron chi connectivity index (χ0n) is 23.7. The van der Waals surface area contributed by atoms with Crippen molar-refractivity contribution in [2.45, 2.75) is 43.8 Å². The number of rotatable bonds is 7. The van der Waals surface area contributed by atoms with Crippen LogP contribution in [-0.2, 0) is 24.2 Å². The number of nitrogens with zero attached hydrogens (tertiary/aromatic N) is 6. The van der Waals surface area contributed by atoms with Crippen LogP contribution in [0.1, 0.15) is 41.7 Å². The number of H-pyrrole nitrogens is 1. The minimum Gasteiger partial charge on any atom is -0.339 e. The van der Waals surface area contributed by atoms with E-state index in [-0.39, 0.29) is 11.7 Å². The van der Waals surface area contributed by atoms with Crippen molar-refractivity contribution in [1.29, 1.82) is 0 Å². The second-order valence-corrected chi connectivity index (χ2v) is 12.0. The number of aromatic amines is 1. The van der Waals surface area contributed by atoms with Crippen LogP contribution in [0, 0.1) is 5.82 Å². The van der Waals surface area contributed by atoms with Gasteiger partial charge in [0.25, 0.3) is 0 Å². The molecule has 0 unspecified atom stereocenters. The van der Waals surface area contributed by atoms with Crippen LogP contribution >= 0.6 is 0 Å². The van der Waals surface area contributed by atoms with E-state index in [1.807, 2.05) is 23.9 Å². The number of carbonyl (C=O) groups excluding carboxylic acids is 1. The molecule has 41 heavy (non-hydrogen) atoms. The fourth-order valence-corrected chi connectivity index (χ4v) is 7.18. The van der Waals surface area contributed by atoms with E-state index in [0.29, 0.717) is 38.0 Å². The number of amides is 1. The fraction of sp³-hybridized carbons (Fsp3) is 0.406. The third kappa shape index (κ3) is 4.57. The summed E-state index contributed by atoms with van der Waals surface area (Å²) in [5.74, 6) is 1.42. The van der Waals surface area contributed by atoms with Crippen LogP contribution in [0.5, 0.6) is 0 Å². The van der Waals surface area contributed by atoms with Crippen LogP contribution in [0.2, 0.25) is 0 Å². The quantitative estimate of drug-likeness (QED) is 0.371. The highest BCUT2D eigenvalue weighted by molar-refractivity contribution is 5.94. The standard InChI is InChI=1S/C32H36FN7O/c1-37(2)20-29-34-28(35-36-29)13-16-39-21-40(25-11-9-24(33)10-12-25)32(31(39)41)14-17-38(18-15-32)27-19-23-7-3-5-22-6-4-8-26(27)30(22)23/h3-12,27H,13-21H2,1-2H3,(H,34,35,36)/t27-/m1/s1. The molecule has 1 N–H and O–H groups in total. The molecule has 8 nitrogen and oxygen atoms in total. The van der Waals surface area contributed by atoms with E-state index in [9.17, 15) is 9.18 Å². The maximum absolute atomic E-state index is 14.2. The van der Waals surface area contributed by atoms with Gasteiger partial charge in [0.1, 0.15) is 17.2 Å². The van der Waals surface area contributed by atoms with Gasteiger partial charge in [-0.2, -0.15) is 5.10 Å². The summed E-state index contributed by atoms with van der Waals surface area (Å²) in [6.45, 7) is 3.38. The first kappa shape index (κ1) is 26.1. The molecule has 3 heterocycles. The predicted molar refractivity (Wildman–Crippen MR) is 157 cm³/mol. The molecule has 4 aromatic rings. The lowest BCUT2D eigenvalue weighted by Crippen LogP contribution is -2.57. The number of piperidine rings is 1. The van der Waals surface area contributed by atoms with Gasteiger partial charge >= 0.3 is 0 Å². The summed E-state index contributed by atoms with van der Waals surface area (Å²) in [5.41, 5.74) is 3.07. The van der Waals surface area contributed by atoms with Gasteiger partial charge in [-0.05, 0) is 79.5 Å². The Morgan fingerprint density at radius 1 is 1.05 bits per heavy atom. The molecule has 0 saturated carbocycles. The lowest BCUT2D eigenvalue weighted by molar-refractivity contribution is -0.133. The number of hydrogen-bond acceptors (Lipinski definition) is 6. The molecule has 1 aliphatic carbocycles. The summed E-state index contributed by atoms with van der Waals surface area (Å²) >= 11 is 0. The Morgan fingerprint density at radius 2 is 1.80 bits per heavy atom. The average molecular weight is 554 g/mol. The molecule has 3 aromatic carbocycles. The Balaban J connectivity index is 1.11. The number of anilines is 1. The SMILES string of the molecule is CN(C)Cc1nc(CCN2CN(c3ccc(F)cc3)C3(CCN([C@@H]4Cc5cccc6cccc4c56)CC3)C2=O)n[nH]1. The van der Waals surface area contributed by atoms with Gasteiger partial charge in [-0.15, -0.1) is 0 Å². The molecule has 0 radical (unpaired) electrons. The number of hydrogen-bond donors (Lipinski definition) is 1. The minimum absolute atomic E-state index is 0.155. The molecule has 3 aliphatic rings. The van der Waals surface area contributed by atoms with Gasteiger partial charge in [0.05, 0.1) is 13.2 Å². The van der Waals surface area contributed by atoms with Crippen LogP contribution in [0.3, 0.4) is 0 Å². The van der Waals surface area contributed by atoms with Crippen molar-refractivity contribution in [3.63, 3.8) is 0 Å². The van der Waals surface area contributed by atoms with Crippen LogP contribution in [0.25, 0.3) is 10.8 Å². The Morgan fingerprint density at radius 3 is 2.56 bits per heavy atom. The summed E-state index contributed by atoms with van der Waals surface area (Å²) < 4.78 is 13.9. The molecule has 1 spiro atoms. The van der Waals surface area contributed by atoms with Crippen molar-refractivity contribution in [2.75, 3.05) is 45.3 Å². The van der Waals surface area contributed by atoms with Crippen LogP contribution in [-0.4, -0.2) is 81.7 Å². The van der Waals surface area contributed by atoms with Crippen molar-refractivity contribution >= 4 is 22.4 Å². The van der Waals surface area contributed by atoms with E-state index in [4.69, 9.17) is 0 Å². The number of benzene rings is 3. The highest BCUT2D eigenvalue weighted by atomic mass is 19.1. The van der Waals surface area contributed by atoms with Crippen molar-refractivity contribution in [2.24, 2.45) is 0 Å². The molecule has 1 aromatic heterocycles. The lowest BCUT2D eigenvalue weighted by Gasteiger charge is -2.45. The molecule has 212 valence electrons. The first-order chi connectivity index (χ1) is 19.9. The van der Waals surface area contributed by atoms with Gasteiger partial charge in [0, 0.05) is 37.8 Å². The Kier molecular flexibility index (Phi) is 6.51. The molecule has 2 saturated heterocycles. The molecular weight excluding hydrogens is 517 g/mol. The number of likely N-dealkylation sites (tertiary alicyclic amines) is 1. The van der Waals surface area contributed by atoms with Gasteiger partial charge in [-0.1, -0.05) is 36.4 Å². The van der Waals surface area contributed by atoms with Crippen molar-refractivity contribution < 1.29 is 9.18 Å². The lowest BCUT2D eigenvalue weighted by atomic mass is 9.84. The molecular formula is C32H36FN7O. The van der Waals surface area contributed by atoms with Gasteiger partial charge in [0.2, 0.25) is 5.91 Å². The molecule has 1 amide bonds. The summed E-state index contributed by atoms with van der Waals surface area (Å²) in [4.78, 5) is 27.6. The van der Waals surface area contributed by atoms with Gasteiger partial charge in [-0.3, -0.25) is 14.8 Å². The third-order valence-corrected chi connectivity index (χ3v) is 9.16. The summed E-state index contributed by atoms with van der Waals surface area (Å²) in [6.07, 6.45) is 3.06. The van der Waals surface area contributed by atoms with E-state index >= 15 is 0 Å². The van der Waals surface area contributed by atoms with Gasteiger partial charge < -0.3 is 14.7 Å². The smallest absolute Gasteiger partial charge is 0.250 e. The third-order valence-electron chi connectivity index (χ3n) is 9.16. The maximum atomic E-state index is 14.2. The van der Waals surface area contributed by atoms with Crippen LogP contribution in [0.15, 0.2) is 60.7 Å². The predicted octanol–water partition coefficient (Wildman–Crippen LogP) is 4.14. The van der Waals surface area contributed by atoms with Gasteiger partial charge in [-0.25, -0.2) is 9.37 Å². The summed E-state index contributed by atoms with van der Waals surface area (Å²) in [6, 6.07) is 20.2. The number of halogens is 1. The summed E-state index contributed by atoms with van der Waals surface area (Å²) in [5, 5.41) is 10.1. The maximum Gasteiger partial charge on any atom is 0.250 e. The molecule has 2 fully saturated rings. The minimum atomic E-state index is -0.638.